The van der Waals surface area contributed by atoms with Crippen molar-refractivity contribution in [3.05, 3.63) is 34.9 Å². The molecule has 0 radical (unpaired) electrons. The number of carbonyl (C=O) groups is 1. The molecule has 2 fully saturated rings. The number of aryl methyl sites for hydroxylation is 1. The highest BCUT2D eigenvalue weighted by Gasteiger charge is 2.32. The monoisotopic (exact) mass is 341 g/mol. The first-order chi connectivity index (χ1) is 12.2. The quantitative estimate of drug-likeness (QED) is 0.763. The molecule has 1 saturated heterocycles. The van der Waals surface area contributed by atoms with Gasteiger partial charge < -0.3 is 9.64 Å². The average Bonchev–Trinajstić information content (AvgIpc) is 3.07. The van der Waals surface area contributed by atoms with Crippen LogP contribution in [-0.4, -0.2) is 37.1 Å². The number of carbonyl (C=O) groups excluding carboxylic acids is 1. The average molecular weight is 341 g/mol. The number of fused-ring (bicyclic) bond motifs is 1. The Labute approximate surface area is 151 Å². The summed E-state index contributed by atoms with van der Waals surface area (Å²) in [5.74, 6) is 0.720. The Morgan fingerprint density at radius 2 is 1.80 bits per heavy atom. The van der Waals surface area contributed by atoms with Gasteiger partial charge in [0.05, 0.1) is 5.92 Å². The number of rotatable bonds is 3. The molecule has 1 aromatic carbocycles. The van der Waals surface area contributed by atoms with Crippen molar-refractivity contribution in [2.75, 3.05) is 20.1 Å². The molecule has 3 aliphatic rings. The van der Waals surface area contributed by atoms with Crippen LogP contribution < -0.4 is 0 Å². The zero-order valence-electron chi connectivity index (χ0n) is 15.5. The fraction of sp³-hybridized carbons (Fsp3) is 0.682. The van der Waals surface area contributed by atoms with Gasteiger partial charge in [-0.15, -0.1) is 0 Å². The highest BCUT2D eigenvalue weighted by molar-refractivity contribution is 5.80. The summed E-state index contributed by atoms with van der Waals surface area (Å²) in [7, 11) is 2.13. The molecule has 1 atom stereocenters. The number of piperidine rings is 1. The lowest BCUT2D eigenvalue weighted by Gasteiger charge is -2.29. The molecule has 0 bridgehead atoms. The lowest BCUT2D eigenvalue weighted by molar-refractivity contribution is -0.152. The van der Waals surface area contributed by atoms with E-state index in [-0.39, 0.29) is 18.0 Å². The van der Waals surface area contributed by atoms with Gasteiger partial charge in [-0.25, -0.2) is 0 Å². The van der Waals surface area contributed by atoms with E-state index in [1.165, 1.54) is 48.8 Å². The van der Waals surface area contributed by atoms with E-state index in [1.807, 2.05) is 0 Å². The van der Waals surface area contributed by atoms with Crippen LogP contribution in [0.5, 0.6) is 0 Å². The van der Waals surface area contributed by atoms with E-state index in [9.17, 15) is 4.79 Å². The molecule has 0 N–H and O–H groups in total. The van der Waals surface area contributed by atoms with Crippen LogP contribution in [-0.2, 0) is 16.0 Å². The minimum atomic E-state index is -0.0324. The molecule has 25 heavy (non-hydrogen) atoms. The first-order valence-electron chi connectivity index (χ1n) is 10.2. The standard InChI is InChI=1S/C22H31NO2/c1-23-13-11-19(12-14-23)25-22(24)21-10-8-18-15-17(7-9-20(18)21)16-5-3-2-4-6-16/h7,9,15-16,19,21H,2-6,8,10-14H2,1H3/t21-/m1/s1. The maximum absolute atomic E-state index is 12.7. The van der Waals surface area contributed by atoms with Gasteiger partial charge in [-0.2, -0.15) is 0 Å². The third kappa shape index (κ3) is 3.76. The largest absolute Gasteiger partial charge is 0.462 e. The predicted molar refractivity (Wildman–Crippen MR) is 99.9 cm³/mol. The smallest absolute Gasteiger partial charge is 0.313 e. The number of benzene rings is 1. The van der Waals surface area contributed by atoms with Gasteiger partial charge in [0.15, 0.2) is 0 Å². The summed E-state index contributed by atoms with van der Waals surface area (Å²) in [6.45, 7) is 2.06. The summed E-state index contributed by atoms with van der Waals surface area (Å²) in [5.41, 5.74) is 4.13. The summed E-state index contributed by atoms with van der Waals surface area (Å²) in [5, 5.41) is 0. The summed E-state index contributed by atoms with van der Waals surface area (Å²) in [6, 6.07) is 6.91. The molecule has 0 spiro atoms. The van der Waals surface area contributed by atoms with Crippen LogP contribution in [0.2, 0.25) is 0 Å². The number of hydrogen-bond donors (Lipinski definition) is 0. The van der Waals surface area contributed by atoms with Crippen LogP contribution in [0.15, 0.2) is 18.2 Å². The summed E-state index contributed by atoms with van der Waals surface area (Å²) in [4.78, 5) is 15.0. The molecule has 2 aliphatic carbocycles. The Morgan fingerprint density at radius 1 is 1.04 bits per heavy atom. The van der Waals surface area contributed by atoms with Gasteiger partial charge in [0.25, 0.3) is 0 Å². The van der Waals surface area contributed by atoms with E-state index in [1.54, 1.807) is 0 Å². The van der Waals surface area contributed by atoms with Crippen molar-refractivity contribution in [1.82, 2.24) is 4.90 Å². The Kier molecular flexibility index (Phi) is 5.12. The highest BCUT2D eigenvalue weighted by Crippen LogP contribution is 2.39. The Bertz CT molecular complexity index is 612. The Balaban J connectivity index is 1.41. The van der Waals surface area contributed by atoms with Gasteiger partial charge in [-0.1, -0.05) is 37.5 Å². The molecule has 1 aromatic rings. The number of likely N-dealkylation sites (tertiary alicyclic amines) is 1. The third-order valence-corrected chi connectivity index (χ3v) is 6.55. The first-order valence-corrected chi connectivity index (χ1v) is 10.2. The number of ether oxygens (including phenoxy) is 1. The van der Waals surface area contributed by atoms with E-state index in [4.69, 9.17) is 4.74 Å². The third-order valence-electron chi connectivity index (χ3n) is 6.55. The maximum atomic E-state index is 12.7. The molecule has 0 aromatic heterocycles. The van der Waals surface area contributed by atoms with E-state index < -0.39 is 0 Å². The molecule has 136 valence electrons. The zero-order chi connectivity index (χ0) is 17.2. The van der Waals surface area contributed by atoms with Crippen molar-refractivity contribution < 1.29 is 9.53 Å². The van der Waals surface area contributed by atoms with Crippen LogP contribution in [0.4, 0.5) is 0 Å². The van der Waals surface area contributed by atoms with Gasteiger partial charge >= 0.3 is 5.97 Å². The molecular formula is C22H31NO2. The zero-order valence-corrected chi connectivity index (χ0v) is 15.5. The second-order valence-corrected chi connectivity index (χ2v) is 8.32. The lowest BCUT2D eigenvalue weighted by Crippen LogP contribution is -2.36. The first kappa shape index (κ1) is 17.1. The number of esters is 1. The molecule has 3 nitrogen and oxygen atoms in total. The van der Waals surface area contributed by atoms with E-state index in [0.717, 1.165) is 44.7 Å². The number of nitrogens with zero attached hydrogens (tertiary/aromatic N) is 1. The predicted octanol–water partition coefficient (Wildman–Crippen LogP) is 4.40. The fourth-order valence-electron chi connectivity index (χ4n) is 4.92. The van der Waals surface area contributed by atoms with E-state index in [2.05, 4.69) is 30.1 Å². The van der Waals surface area contributed by atoms with Crippen LogP contribution in [0.1, 0.15) is 79.9 Å². The minimum Gasteiger partial charge on any atom is -0.462 e. The van der Waals surface area contributed by atoms with E-state index >= 15 is 0 Å². The summed E-state index contributed by atoms with van der Waals surface area (Å²) < 4.78 is 5.86. The van der Waals surface area contributed by atoms with Crippen molar-refractivity contribution in [1.29, 1.82) is 0 Å². The van der Waals surface area contributed by atoms with Crippen LogP contribution >= 0.6 is 0 Å². The van der Waals surface area contributed by atoms with Crippen LogP contribution in [0.3, 0.4) is 0 Å². The molecule has 1 heterocycles. The second kappa shape index (κ2) is 7.49. The van der Waals surface area contributed by atoms with Gasteiger partial charge in [-0.05, 0) is 68.2 Å². The van der Waals surface area contributed by atoms with Crippen LogP contribution in [0.25, 0.3) is 0 Å². The molecule has 0 unspecified atom stereocenters. The topological polar surface area (TPSA) is 29.5 Å². The summed E-state index contributed by atoms with van der Waals surface area (Å²) >= 11 is 0. The van der Waals surface area contributed by atoms with Crippen LogP contribution in [0, 0.1) is 0 Å². The molecular weight excluding hydrogens is 310 g/mol. The van der Waals surface area contributed by atoms with Crippen molar-refractivity contribution in [2.24, 2.45) is 0 Å². The van der Waals surface area contributed by atoms with Gasteiger partial charge in [0.1, 0.15) is 6.10 Å². The van der Waals surface area contributed by atoms with Gasteiger partial charge in [-0.3, -0.25) is 4.79 Å². The maximum Gasteiger partial charge on any atom is 0.313 e. The van der Waals surface area contributed by atoms with Crippen molar-refractivity contribution in [3.8, 4) is 0 Å². The Morgan fingerprint density at radius 3 is 2.56 bits per heavy atom. The van der Waals surface area contributed by atoms with Gasteiger partial charge in [0, 0.05) is 13.1 Å². The van der Waals surface area contributed by atoms with Gasteiger partial charge in [0.2, 0.25) is 0 Å². The second-order valence-electron chi connectivity index (χ2n) is 8.32. The van der Waals surface area contributed by atoms with Crippen molar-refractivity contribution in [2.45, 2.75) is 75.7 Å². The minimum absolute atomic E-state index is 0.0127. The lowest BCUT2D eigenvalue weighted by atomic mass is 9.83. The normalized spacial score (nSPS) is 25.7. The molecule has 0 amide bonds. The SMILES string of the molecule is CN1CCC(OC(=O)[C@@H]2CCc3cc(C4CCCCC4)ccc32)CC1. The fourth-order valence-corrected chi connectivity index (χ4v) is 4.92. The Hall–Kier alpha value is -1.35. The molecule has 1 aliphatic heterocycles. The molecule has 3 heteroatoms. The highest BCUT2D eigenvalue weighted by atomic mass is 16.5. The summed E-state index contributed by atoms with van der Waals surface area (Å²) in [6.07, 6.45) is 10.8. The van der Waals surface area contributed by atoms with E-state index in [0.29, 0.717) is 0 Å². The molecule has 4 rings (SSSR count). The number of hydrogen-bond acceptors (Lipinski definition) is 3. The van der Waals surface area contributed by atoms with Crippen molar-refractivity contribution in [3.63, 3.8) is 0 Å². The molecule has 1 saturated carbocycles. The van der Waals surface area contributed by atoms with Crippen molar-refractivity contribution >= 4 is 5.97 Å².